The summed E-state index contributed by atoms with van der Waals surface area (Å²) in [6, 6.07) is 15.0. The van der Waals surface area contributed by atoms with E-state index in [9.17, 15) is 15.0 Å². The van der Waals surface area contributed by atoms with Gasteiger partial charge < -0.3 is 20.4 Å². The lowest BCUT2D eigenvalue weighted by molar-refractivity contribution is -0.141. The number of nitrogens with one attached hydrogen (secondary N) is 1. The first-order valence-corrected chi connectivity index (χ1v) is 11.3. The summed E-state index contributed by atoms with van der Waals surface area (Å²) >= 11 is 0. The van der Waals surface area contributed by atoms with Gasteiger partial charge in [0.05, 0.1) is 11.1 Å². The molecule has 0 bridgehead atoms. The number of carbonyl (C=O) groups is 1. The molecule has 0 unspecified atom stereocenters. The van der Waals surface area contributed by atoms with Crippen LogP contribution >= 0.6 is 0 Å². The second-order valence-electron chi connectivity index (χ2n) is 8.38. The average Bonchev–Trinajstić information content (AvgIpc) is 2.83. The lowest BCUT2D eigenvalue weighted by Gasteiger charge is -2.35. The highest BCUT2D eigenvalue weighted by atomic mass is 16.3. The van der Waals surface area contributed by atoms with Gasteiger partial charge in [0.25, 0.3) is 5.91 Å². The predicted octanol–water partition coefficient (Wildman–Crippen LogP) is 4.13. The van der Waals surface area contributed by atoms with Gasteiger partial charge in [-0.05, 0) is 49.9 Å². The summed E-state index contributed by atoms with van der Waals surface area (Å²) in [7, 11) is 0. The van der Waals surface area contributed by atoms with Crippen molar-refractivity contribution < 1.29 is 17.9 Å². The number of aliphatic hydroxyl groups is 1. The molecule has 0 saturated carbocycles. The molecular formula is C25H34N4O3. The molecule has 0 spiro atoms. The Morgan fingerprint density at radius 1 is 1.09 bits per heavy atom. The number of aromatic nitrogens is 2. The molecule has 1 amide bonds. The number of nitrogens with zero attached hydrogens (tertiary/aromatic N) is 3. The first-order valence-electron chi connectivity index (χ1n) is 11.3. The Morgan fingerprint density at radius 2 is 1.75 bits per heavy atom. The number of phenols is 1. The molecule has 0 radical (unpaired) electrons. The van der Waals surface area contributed by atoms with Crippen molar-refractivity contribution in [2.45, 2.75) is 51.2 Å². The zero-order valence-corrected chi connectivity index (χ0v) is 18.6. The number of carbonyl (C=O) groups excluding carboxylic acids is 1. The van der Waals surface area contributed by atoms with Crippen molar-refractivity contribution in [2.75, 3.05) is 18.0 Å². The van der Waals surface area contributed by atoms with Crippen LogP contribution in [0.5, 0.6) is 5.75 Å². The van der Waals surface area contributed by atoms with Gasteiger partial charge in [0.15, 0.2) is 5.82 Å². The number of anilines is 1. The summed E-state index contributed by atoms with van der Waals surface area (Å²) in [5.41, 5.74) is 0.120. The minimum absolute atomic E-state index is 0. The third kappa shape index (κ3) is 4.25. The van der Waals surface area contributed by atoms with Gasteiger partial charge in [0, 0.05) is 27.4 Å². The highest BCUT2D eigenvalue weighted by Gasteiger charge is 2.34. The Kier molecular flexibility index (Phi) is 6.28. The van der Waals surface area contributed by atoms with Crippen LogP contribution in [0.2, 0.25) is 0 Å². The number of piperidine rings is 1. The first kappa shape index (κ1) is 22.0. The van der Waals surface area contributed by atoms with Crippen molar-refractivity contribution in [1.82, 2.24) is 15.3 Å². The number of phenolic OH excluding ortho intramolecular Hbond substituents is 1. The molecule has 3 aromatic rings. The van der Waals surface area contributed by atoms with Crippen LogP contribution in [-0.2, 0) is 4.79 Å². The van der Waals surface area contributed by atoms with E-state index < -0.39 is 5.60 Å². The smallest absolute Gasteiger partial charge is 0.252 e. The lowest BCUT2D eigenvalue weighted by Crippen LogP contribution is -2.52. The molecule has 1 aromatic heterocycles. The predicted molar refractivity (Wildman–Crippen MR) is 130 cm³/mol. The van der Waals surface area contributed by atoms with Crippen LogP contribution in [0, 0.1) is 0 Å². The van der Waals surface area contributed by atoms with Crippen molar-refractivity contribution in [3.8, 4) is 17.1 Å². The second kappa shape index (κ2) is 9.12. The fraction of sp³-hybridized carbons (Fsp3) is 0.400. The van der Waals surface area contributed by atoms with Crippen LogP contribution in [-0.4, -0.2) is 50.8 Å². The summed E-state index contributed by atoms with van der Waals surface area (Å²) in [4.78, 5) is 24.3. The molecule has 0 aliphatic carbocycles. The topological polar surface area (TPSA) is 98.6 Å². The fourth-order valence-electron chi connectivity index (χ4n) is 4.21. The van der Waals surface area contributed by atoms with E-state index in [1.54, 1.807) is 12.1 Å². The zero-order valence-electron chi connectivity index (χ0n) is 18.6. The van der Waals surface area contributed by atoms with Gasteiger partial charge in [-0.2, -0.15) is 0 Å². The molecule has 7 nitrogen and oxygen atoms in total. The maximum absolute atomic E-state index is 12.5. The van der Waals surface area contributed by atoms with E-state index in [-0.39, 0.29) is 20.6 Å². The fourth-order valence-corrected chi connectivity index (χ4v) is 4.21. The van der Waals surface area contributed by atoms with Gasteiger partial charge in [-0.3, -0.25) is 4.79 Å². The molecule has 32 heavy (non-hydrogen) atoms. The monoisotopic (exact) mass is 438 g/mol. The first-order chi connectivity index (χ1) is 15.4. The highest BCUT2D eigenvalue weighted by Crippen LogP contribution is 2.32. The molecule has 1 aliphatic heterocycles. The molecule has 2 aromatic carbocycles. The Hall–Kier alpha value is -3.19. The van der Waals surface area contributed by atoms with Crippen molar-refractivity contribution in [3.05, 3.63) is 48.5 Å². The maximum atomic E-state index is 12.5. The van der Waals surface area contributed by atoms with E-state index in [1.165, 1.54) is 0 Å². The third-order valence-electron chi connectivity index (χ3n) is 6.45. The second-order valence-corrected chi connectivity index (χ2v) is 8.38. The van der Waals surface area contributed by atoms with E-state index in [0.717, 1.165) is 42.7 Å². The summed E-state index contributed by atoms with van der Waals surface area (Å²) < 4.78 is 0. The van der Waals surface area contributed by atoms with E-state index >= 15 is 0 Å². The van der Waals surface area contributed by atoms with E-state index in [2.05, 4.69) is 15.2 Å². The Bertz CT molecular complexity index is 1120. The van der Waals surface area contributed by atoms with Gasteiger partial charge in [-0.25, -0.2) is 9.97 Å². The van der Waals surface area contributed by atoms with Crippen LogP contribution in [0.15, 0.2) is 48.5 Å². The molecular weight excluding hydrogens is 404 g/mol. The third-order valence-corrected chi connectivity index (χ3v) is 6.45. The average molecular weight is 439 g/mol. The summed E-state index contributed by atoms with van der Waals surface area (Å²) in [5.74, 6) is 1.19. The highest BCUT2D eigenvalue weighted by molar-refractivity contribution is 5.91. The number of para-hydroxylation sites is 2. The van der Waals surface area contributed by atoms with E-state index in [0.29, 0.717) is 24.2 Å². The molecule has 1 aliphatic rings. The standard InChI is InChI=1S/C25H30N4O3.2H2/c1-3-25(32,4-2)24(31)26-17-13-15-29(16-14-17)23-18-9-5-7-11-20(18)27-22(28-23)19-10-6-8-12-21(19)30;;/h5-12,17,30,32H,3-4,13-16H2,1-2H3,(H,26,31);2*1H. The van der Waals surface area contributed by atoms with Gasteiger partial charge in [0.2, 0.25) is 0 Å². The van der Waals surface area contributed by atoms with Crippen LogP contribution < -0.4 is 10.2 Å². The van der Waals surface area contributed by atoms with Crippen LogP contribution in [0.3, 0.4) is 0 Å². The lowest BCUT2D eigenvalue weighted by atomic mass is 9.95. The summed E-state index contributed by atoms with van der Waals surface area (Å²) in [5, 5.41) is 24.8. The summed E-state index contributed by atoms with van der Waals surface area (Å²) in [6.07, 6.45) is 2.32. The largest absolute Gasteiger partial charge is 0.507 e. The van der Waals surface area contributed by atoms with Crippen LogP contribution in [0.1, 0.15) is 42.4 Å². The normalized spacial score (nSPS) is 15.2. The van der Waals surface area contributed by atoms with Crippen LogP contribution in [0.25, 0.3) is 22.3 Å². The van der Waals surface area contributed by atoms with Crippen molar-refractivity contribution >= 4 is 22.6 Å². The van der Waals surface area contributed by atoms with Gasteiger partial charge in [-0.15, -0.1) is 0 Å². The van der Waals surface area contributed by atoms with Gasteiger partial charge >= 0.3 is 0 Å². The Morgan fingerprint density at radius 3 is 2.44 bits per heavy atom. The molecule has 3 N–H and O–H groups in total. The molecule has 2 heterocycles. The number of benzene rings is 2. The molecule has 0 atom stereocenters. The maximum Gasteiger partial charge on any atom is 0.252 e. The molecule has 1 fully saturated rings. The molecule has 7 heteroatoms. The van der Waals surface area contributed by atoms with Gasteiger partial charge in [-0.1, -0.05) is 38.1 Å². The zero-order chi connectivity index (χ0) is 22.7. The van der Waals surface area contributed by atoms with Crippen molar-refractivity contribution in [2.24, 2.45) is 0 Å². The summed E-state index contributed by atoms with van der Waals surface area (Å²) in [6.45, 7) is 5.10. The quantitative estimate of drug-likeness (QED) is 0.535. The minimum Gasteiger partial charge on any atom is -0.507 e. The van der Waals surface area contributed by atoms with Gasteiger partial charge in [0.1, 0.15) is 17.2 Å². The number of hydrogen-bond acceptors (Lipinski definition) is 6. The number of fused-ring (bicyclic) bond motifs is 1. The van der Waals surface area contributed by atoms with Crippen molar-refractivity contribution in [1.29, 1.82) is 0 Å². The number of hydrogen-bond donors (Lipinski definition) is 3. The van der Waals surface area contributed by atoms with E-state index in [4.69, 9.17) is 4.98 Å². The SMILES string of the molecule is CCC(O)(CC)C(=O)NC1CCN(c2nc(-c3ccccc3O)nc3ccccc23)CC1.[HH].[HH]. The van der Waals surface area contributed by atoms with Crippen molar-refractivity contribution in [3.63, 3.8) is 0 Å². The Labute approximate surface area is 191 Å². The molecule has 1 saturated heterocycles. The number of amides is 1. The number of rotatable bonds is 6. The van der Waals surface area contributed by atoms with E-state index in [1.807, 2.05) is 50.2 Å². The molecule has 4 rings (SSSR count). The van der Waals surface area contributed by atoms with Crippen LogP contribution in [0.4, 0.5) is 5.82 Å². The minimum atomic E-state index is -1.30. The molecule has 172 valence electrons. The number of aromatic hydroxyl groups is 1. The Balaban J connectivity index is 0.00000204.